The van der Waals surface area contributed by atoms with Crippen molar-refractivity contribution in [1.29, 1.82) is 0 Å². The molecule has 3 heteroatoms. The lowest BCUT2D eigenvalue weighted by molar-refractivity contribution is 0.00334. The number of ether oxygens (including phenoxy) is 1. The van der Waals surface area contributed by atoms with Crippen molar-refractivity contribution in [3.63, 3.8) is 0 Å². The largest absolute Gasteiger partial charge is 0.374 e. The molecular formula is C15H30N2O. The van der Waals surface area contributed by atoms with E-state index in [0.717, 1.165) is 25.6 Å². The van der Waals surface area contributed by atoms with Crippen LogP contribution in [0.2, 0.25) is 0 Å². The summed E-state index contributed by atoms with van der Waals surface area (Å²) in [6, 6.07) is 0. The van der Waals surface area contributed by atoms with E-state index in [1.165, 1.54) is 32.1 Å². The van der Waals surface area contributed by atoms with Gasteiger partial charge in [-0.25, -0.2) is 0 Å². The van der Waals surface area contributed by atoms with Gasteiger partial charge in [0.25, 0.3) is 0 Å². The Morgan fingerprint density at radius 2 is 2.06 bits per heavy atom. The Bertz CT molecular complexity index is 276. The van der Waals surface area contributed by atoms with Gasteiger partial charge in [0.2, 0.25) is 0 Å². The summed E-state index contributed by atoms with van der Waals surface area (Å²) in [5.74, 6) is 1.42. The maximum absolute atomic E-state index is 6.12. The average molecular weight is 254 g/mol. The molecule has 0 spiro atoms. The van der Waals surface area contributed by atoms with Gasteiger partial charge in [0, 0.05) is 25.2 Å². The second kappa shape index (κ2) is 5.48. The van der Waals surface area contributed by atoms with Gasteiger partial charge < -0.3 is 15.8 Å². The molecule has 2 rings (SSSR count). The highest BCUT2D eigenvalue weighted by Gasteiger charge is 2.42. The maximum atomic E-state index is 6.12. The van der Waals surface area contributed by atoms with Crippen LogP contribution in [-0.4, -0.2) is 30.8 Å². The maximum Gasteiger partial charge on any atom is 0.0779 e. The van der Waals surface area contributed by atoms with Crippen molar-refractivity contribution in [2.75, 3.05) is 19.7 Å². The van der Waals surface area contributed by atoms with E-state index in [2.05, 4.69) is 26.1 Å². The quantitative estimate of drug-likeness (QED) is 0.809. The van der Waals surface area contributed by atoms with Gasteiger partial charge in [0.15, 0.2) is 0 Å². The lowest BCUT2D eigenvalue weighted by atomic mass is 9.68. The van der Waals surface area contributed by atoms with E-state index in [0.29, 0.717) is 5.92 Å². The standard InChI is InChI=1S/C15H30N2O/c1-12-6-4-8-15(10-16,13(12)2)17-11-14(3)7-5-9-18-14/h12-13,17H,4-11,16H2,1-3H3. The number of hydrogen-bond acceptors (Lipinski definition) is 3. The van der Waals surface area contributed by atoms with Gasteiger partial charge in [-0.05, 0) is 38.0 Å². The van der Waals surface area contributed by atoms with Gasteiger partial charge in [-0.1, -0.05) is 26.7 Å². The van der Waals surface area contributed by atoms with Crippen molar-refractivity contribution >= 4 is 0 Å². The summed E-state index contributed by atoms with van der Waals surface area (Å²) in [6.45, 7) is 9.56. The molecule has 4 atom stereocenters. The van der Waals surface area contributed by atoms with Crippen molar-refractivity contribution < 1.29 is 4.74 Å². The minimum absolute atomic E-state index is 0.0303. The Balaban J connectivity index is 1.99. The smallest absolute Gasteiger partial charge is 0.0779 e. The van der Waals surface area contributed by atoms with Crippen LogP contribution in [0.15, 0.2) is 0 Å². The highest BCUT2D eigenvalue weighted by Crippen LogP contribution is 2.37. The molecule has 0 radical (unpaired) electrons. The molecule has 2 aliphatic rings. The predicted molar refractivity (Wildman–Crippen MR) is 75.6 cm³/mol. The summed E-state index contributed by atoms with van der Waals surface area (Å²) in [4.78, 5) is 0. The number of nitrogens with one attached hydrogen (secondary N) is 1. The summed E-state index contributed by atoms with van der Waals surface area (Å²) in [7, 11) is 0. The third kappa shape index (κ3) is 2.73. The minimum Gasteiger partial charge on any atom is -0.374 e. The minimum atomic E-state index is 0.0303. The van der Waals surface area contributed by atoms with Crippen LogP contribution >= 0.6 is 0 Å². The monoisotopic (exact) mass is 254 g/mol. The molecule has 0 amide bonds. The van der Waals surface area contributed by atoms with Crippen LogP contribution in [-0.2, 0) is 4.74 Å². The van der Waals surface area contributed by atoms with Crippen LogP contribution in [0.25, 0.3) is 0 Å². The average Bonchev–Trinajstić information content (AvgIpc) is 2.79. The zero-order valence-electron chi connectivity index (χ0n) is 12.3. The Hall–Kier alpha value is -0.120. The molecule has 106 valence electrons. The second-order valence-corrected chi connectivity index (χ2v) is 6.77. The summed E-state index contributed by atoms with van der Waals surface area (Å²) in [5.41, 5.74) is 6.28. The van der Waals surface area contributed by atoms with Gasteiger partial charge in [-0.15, -0.1) is 0 Å². The first kappa shape index (κ1) is 14.3. The first-order valence-corrected chi connectivity index (χ1v) is 7.60. The fourth-order valence-corrected chi connectivity index (χ4v) is 3.71. The van der Waals surface area contributed by atoms with Gasteiger partial charge >= 0.3 is 0 Å². The molecule has 1 heterocycles. The highest BCUT2D eigenvalue weighted by atomic mass is 16.5. The molecule has 0 bridgehead atoms. The van der Waals surface area contributed by atoms with Crippen molar-refractivity contribution in [3.8, 4) is 0 Å². The summed E-state index contributed by atoms with van der Waals surface area (Å²) >= 11 is 0. The third-order valence-electron chi connectivity index (χ3n) is 5.49. The summed E-state index contributed by atoms with van der Waals surface area (Å²) in [6.07, 6.45) is 6.22. The Morgan fingerprint density at radius 3 is 2.67 bits per heavy atom. The molecule has 0 aromatic rings. The zero-order chi connectivity index (χ0) is 13.2. The van der Waals surface area contributed by atoms with Crippen molar-refractivity contribution in [2.24, 2.45) is 17.6 Å². The van der Waals surface area contributed by atoms with E-state index in [1.54, 1.807) is 0 Å². The van der Waals surface area contributed by atoms with Gasteiger partial charge in [0.05, 0.1) is 5.60 Å². The molecule has 2 fully saturated rings. The molecule has 1 aliphatic heterocycles. The van der Waals surface area contributed by atoms with Crippen LogP contribution in [0.4, 0.5) is 0 Å². The molecule has 3 nitrogen and oxygen atoms in total. The van der Waals surface area contributed by atoms with E-state index < -0.39 is 0 Å². The van der Waals surface area contributed by atoms with E-state index >= 15 is 0 Å². The van der Waals surface area contributed by atoms with Crippen LogP contribution in [0, 0.1) is 11.8 Å². The number of rotatable bonds is 4. The Labute approximate surface area is 112 Å². The number of hydrogen-bond donors (Lipinski definition) is 2. The van der Waals surface area contributed by atoms with Crippen molar-refractivity contribution in [3.05, 3.63) is 0 Å². The third-order valence-corrected chi connectivity index (χ3v) is 5.49. The van der Waals surface area contributed by atoms with Crippen LogP contribution in [0.1, 0.15) is 52.9 Å². The van der Waals surface area contributed by atoms with E-state index in [9.17, 15) is 0 Å². The fourth-order valence-electron chi connectivity index (χ4n) is 3.71. The molecule has 1 saturated carbocycles. The predicted octanol–water partition coefficient (Wildman–Crippen LogP) is 2.30. The normalized spacial score (nSPS) is 45.3. The van der Waals surface area contributed by atoms with Gasteiger partial charge in [-0.2, -0.15) is 0 Å². The van der Waals surface area contributed by atoms with Crippen LogP contribution < -0.4 is 11.1 Å². The molecule has 3 N–H and O–H groups in total. The zero-order valence-corrected chi connectivity index (χ0v) is 12.3. The molecule has 1 aliphatic carbocycles. The fraction of sp³-hybridized carbons (Fsp3) is 1.00. The molecular weight excluding hydrogens is 224 g/mol. The second-order valence-electron chi connectivity index (χ2n) is 6.77. The highest BCUT2D eigenvalue weighted by molar-refractivity contribution is 5.00. The van der Waals surface area contributed by atoms with Gasteiger partial charge in [-0.3, -0.25) is 0 Å². The van der Waals surface area contributed by atoms with E-state index in [1.807, 2.05) is 0 Å². The molecule has 0 aromatic heterocycles. The van der Waals surface area contributed by atoms with Crippen LogP contribution in [0.5, 0.6) is 0 Å². The molecule has 0 aromatic carbocycles. The SMILES string of the molecule is CC1CCCC(CN)(NCC2(C)CCCO2)C1C. The number of nitrogens with two attached hydrogens (primary N) is 1. The summed E-state index contributed by atoms with van der Waals surface area (Å²) < 4.78 is 5.88. The van der Waals surface area contributed by atoms with Crippen LogP contribution in [0.3, 0.4) is 0 Å². The molecule has 1 saturated heterocycles. The Morgan fingerprint density at radius 1 is 1.28 bits per heavy atom. The summed E-state index contributed by atoms with van der Waals surface area (Å²) in [5, 5.41) is 3.80. The lowest BCUT2D eigenvalue weighted by Crippen LogP contribution is -2.61. The molecule has 4 unspecified atom stereocenters. The van der Waals surface area contributed by atoms with E-state index in [4.69, 9.17) is 10.5 Å². The van der Waals surface area contributed by atoms with Crippen molar-refractivity contribution in [1.82, 2.24) is 5.32 Å². The molecule has 18 heavy (non-hydrogen) atoms. The lowest BCUT2D eigenvalue weighted by Gasteiger charge is -2.47. The van der Waals surface area contributed by atoms with Gasteiger partial charge in [0.1, 0.15) is 0 Å². The topological polar surface area (TPSA) is 47.3 Å². The Kier molecular flexibility index (Phi) is 4.35. The van der Waals surface area contributed by atoms with Crippen molar-refractivity contribution in [2.45, 2.75) is 64.0 Å². The first-order valence-electron chi connectivity index (χ1n) is 7.60. The first-order chi connectivity index (χ1) is 8.51. The van der Waals surface area contributed by atoms with E-state index in [-0.39, 0.29) is 11.1 Å².